The van der Waals surface area contributed by atoms with Gasteiger partial charge in [0.05, 0.1) is 74.0 Å². The number of nitrogens with zero attached hydrogens (tertiary/aromatic N) is 12. The second-order valence-electron chi connectivity index (χ2n) is 27.8. The summed E-state index contributed by atoms with van der Waals surface area (Å²) in [5, 5.41) is 18.4. The molecule has 2 N–H and O–H groups in total. The Balaban J connectivity index is 0.000000120. The number of nitrogens with one attached hydrogen (secondary N) is 2. The molecule has 0 spiro atoms. The lowest BCUT2D eigenvalue weighted by Gasteiger charge is -2.20. The summed E-state index contributed by atoms with van der Waals surface area (Å²) >= 11 is 0. The highest BCUT2D eigenvalue weighted by Gasteiger charge is 2.19. The first-order valence-electron chi connectivity index (χ1n) is 35.4. The van der Waals surface area contributed by atoms with E-state index in [4.69, 9.17) is 9.97 Å². The van der Waals surface area contributed by atoms with Gasteiger partial charge in [-0.25, -0.2) is 18.7 Å². The van der Waals surface area contributed by atoms with E-state index in [1.54, 1.807) is 67.4 Å². The molecule has 0 aliphatic carbocycles. The van der Waals surface area contributed by atoms with Crippen LogP contribution in [-0.4, -0.2) is 70.2 Å². The quantitative estimate of drug-likeness (QED) is 0.132. The largest absolute Gasteiger partial charge is 0.276 e. The minimum absolute atomic E-state index is 0.0886. The zero-order valence-corrected chi connectivity index (χ0v) is 61.1. The molecule has 0 unspecified atom stereocenters. The molecule has 0 fully saturated rings. The zero-order valence-electron chi connectivity index (χ0n) is 61.1. The molecule has 0 amide bonds. The molecule has 17 aromatic rings. The van der Waals surface area contributed by atoms with E-state index < -0.39 is 11.6 Å². The van der Waals surface area contributed by atoms with Crippen molar-refractivity contribution >= 4 is 21.5 Å². The summed E-state index contributed by atoms with van der Waals surface area (Å²) in [6.07, 6.45) is 19.6. The maximum Gasteiger partial charge on any atom is 0.135 e. The van der Waals surface area contributed by atoms with Crippen LogP contribution in [0.15, 0.2) is 317 Å². The van der Waals surface area contributed by atoms with Crippen molar-refractivity contribution in [3.63, 3.8) is 0 Å². The Hall–Kier alpha value is -13.6. The Morgan fingerprint density at radius 3 is 1.18 bits per heavy atom. The molecule has 530 valence electrons. The van der Waals surface area contributed by atoms with Crippen molar-refractivity contribution in [1.82, 2.24) is 70.2 Å². The number of pyridine rings is 10. The average molecular weight is 1420 g/mol. The summed E-state index contributed by atoms with van der Waals surface area (Å²) < 4.78 is 27.9. The zero-order chi connectivity index (χ0) is 75.0. The van der Waals surface area contributed by atoms with Crippen LogP contribution in [0.4, 0.5) is 8.78 Å². The fraction of sp³-hybridized carbons (Fsp3) is 0.109. The van der Waals surface area contributed by atoms with Crippen LogP contribution in [-0.2, 0) is 10.8 Å². The number of H-pyrrole nitrogens is 2. The second kappa shape index (κ2) is 33.5. The van der Waals surface area contributed by atoms with Crippen LogP contribution in [0.2, 0.25) is 0 Å². The first kappa shape index (κ1) is 72.7. The molecule has 0 aliphatic rings. The summed E-state index contributed by atoms with van der Waals surface area (Å²) in [5.41, 5.74) is 22.1. The van der Waals surface area contributed by atoms with Crippen LogP contribution in [0.5, 0.6) is 0 Å². The van der Waals surface area contributed by atoms with Gasteiger partial charge in [0.2, 0.25) is 0 Å². The van der Waals surface area contributed by atoms with Gasteiger partial charge < -0.3 is 0 Å². The highest BCUT2D eigenvalue weighted by Crippen LogP contribution is 2.36. The number of aromatic amines is 2. The van der Waals surface area contributed by atoms with E-state index in [9.17, 15) is 8.78 Å². The molecular weight excluding hydrogens is 1340 g/mol. The minimum atomic E-state index is -0.638. The van der Waals surface area contributed by atoms with E-state index in [1.165, 1.54) is 44.3 Å². The first-order chi connectivity index (χ1) is 52.4. The Kier molecular flexibility index (Phi) is 22.5. The summed E-state index contributed by atoms with van der Waals surface area (Å²) in [5.74, 6) is -1.28. The monoisotopic (exact) mass is 1420 g/mol. The lowest BCUT2D eigenvalue weighted by Crippen LogP contribution is -2.11. The standard InChI is InChI=1S/C25H18N2.C23H27N3.C16H10F2N2.C16H12N2.C12H11N5/c1-17-14-20(24-22-8-4-2-6-18(22)10-12-26-24)16-21(15-17)25-23-9-5-3-7-19(23)11-13-27-25;1-22(2,3)18-7-9-25-20(12-18)16-11-17(15-24-14-16)21-13-19(8-10-26-21)23(4,5)6;17-13-10-14(18)12(16-6-2-4-8-20-16)9-11(13)15-5-1-3-7-19-15;1-2-7-13(8-3-1)14-10-6-11-16(18-14)15-9-4-5-12-17-15;1-8-6-11(9-2-4-13-16-9)15-12(7-8)10-3-5-14-17-10/h2-16H,1H3;7-15H,1-6H3;1-10H;1-12H;2-7H,1H3,(H,13,16)(H,14,17). The number of aryl methyl sites for hydroxylation is 2. The van der Waals surface area contributed by atoms with Crippen LogP contribution in [0.25, 0.3) is 135 Å². The molecule has 0 radical (unpaired) electrons. The SMILES string of the molecule is CC(C)(C)c1ccnc(-c2cncc(-c3cc(C(C)(C)C)ccn3)c2)c1.Cc1cc(-c2ccn[nH]2)nc(-c2ccn[nH]2)c1.Cc1cc(-c2nccc3ccccc23)cc(-c2nccc3ccccc23)c1.Fc1cc(F)c(-c2ccccn2)cc1-c1ccccn1.c1ccc(-c2cccc(-c3ccccn3)n2)cc1. The molecule has 0 atom stereocenters. The molecule has 5 aromatic carbocycles. The lowest BCUT2D eigenvalue weighted by atomic mass is 9.86. The molecule has 0 bridgehead atoms. The van der Waals surface area contributed by atoms with E-state index in [0.717, 1.165) is 102 Å². The molecule has 12 heterocycles. The summed E-state index contributed by atoms with van der Waals surface area (Å²) in [6.45, 7) is 17.4. The predicted octanol–water partition coefficient (Wildman–Crippen LogP) is 22.3. The average Bonchev–Trinajstić information content (AvgIpc) is 1.09. The van der Waals surface area contributed by atoms with Gasteiger partial charge in [-0.2, -0.15) is 10.2 Å². The molecule has 17 rings (SSSR count). The van der Waals surface area contributed by atoms with Crippen molar-refractivity contribution in [2.24, 2.45) is 0 Å². The number of halogens is 2. The lowest BCUT2D eigenvalue weighted by molar-refractivity contribution is 0.587. The topological polar surface area (TPSA) is 186 Å². The van der Waals surface area contributed by atoms with Crippen LogP contribution in [0.3, 0.4) is 0 Å². The van der Waals surface area contributed by atoms with Gasteiger partial charge in [0.1, 0.15) is 11.6 Å². The van der Waals surface area contributed by atoms with Crippen LogP contribution in [0, 0.1) is 25.5 Å². The fourth-order valence-corrected chi connectivity index (χ4v) is 12.2. The van der Waals surface area contributed by atoms with Crippen molar-refractivity contribution in [1.29, 1.82) is 0 Å². The summed E-state index contributed by atoms with van der Waals surface area (Å²) in [7, 11) is 0. The predicted molar refractivity (Wildman–Crippen MR) is 431 cm³/mol. The van der Waals surface area contributed by atoms with Crippen LogP contribution < -0.4 is 0 Å². The molecular formula is C92H78F2N14. The normalized spacial score (nSPS) is 11.1. The van der Waals surface area contributed by atoms with Gasteiger partial charge in [-0.3, -0.25) is 50.1 Å². The van der Waals surface area contributed by atoms with Gasteiger partial charge >= 0.3 is 0 Å². The molecule has 12 aromatic heterocycles. The Bertz CT molecular complexity index is 5480. The second-order valence-corrected chi connectivity index (χ2v) is 27.8. The number of fused-ring (bicyclic) bond motifs is 2. The number of aromatic nitrogens is 14. The molecule has 0 aliphatic heterocycles. The third kappa shape index (κ3) is 18.1. The van der Waals surface area contributed by atoms with E-state index in [1.807, 2.05) is 123 Å². The van der Waals surface area contributed by atoms with E-state index in [0.29, 0.717) is 11.4 Å². The highest BCUT2D eigenvalue weighted by molar-refractivity contribution is 5.98. The summed E-state index contributed by atoms with van der Waals surface area (Å²) in [4.78, 5) is 44.7. The highest BCUT2D eigenvalue weighted by atomic mass is 19.1. The van der Waals surface area contributed by atoms with Crippen LogP contribution >= 0.6 is 0 Å². The Morgan fingerprint density at radius 1 is 0.287 bits per heavy atom. The number of rotatable bonds is 10. The van der Waals surface area contributed by atoms with Gasteiger partial charge in [-0.1, -0.05) is 145 Å². The van der Waals surface area contributed by atoms with E-state index in [-0.39, 0.29) is 22.0 Å². The molecule has 108 heavy (non-hydrogen) atoms. The van der Waals surface area contributed by atoms with Gasteiger partial charge in [-0.05, 0) is 197 Å². The number of hydrogen-bond donors (Lipinski definition) is 2. The Morgan fingerprint density at radius 2 is 0.704 bits per heavy atom. The number of hydrogen-bond acceptors (Lipinski definition) is 12. The van der Waals surface area contributed by atoms with Gasteiger partial charge in [0.25, 0.3) is 0 Å². The van der Waals surface area contributed by atoms with Crippen molar-refractivity contribution < 1.29 is 8.78 Å². The molecule has 16 heteroatoms. The van der Waals surface area contributed by atoms with Crippen LogP contribution in [0.1, 0.15) is 63.8 Å². The number of benzene rings is 5. The van der Waals surface area contributed by atoms with Crippen molar-refractivity contribution in [2.45, 2.75) is 66.2 Å². The van der Waals surface area contributed by atoms with Crippen molar-refractivity contribution in [2.75, 3.05) is 0 Å². The van der Waals surface area contributed by atoms with Gasteiger partial charge in [-0.15, -0.1) is 0 Å². The van der Waals surface area contributed by atoms with E-state index in [2.05, 4.69) is 230 Å². The van der Waals surface area contributed by atoms with E-state index >= 15 is 0 Å². The Labute approximate surface area is 627 Å². The molecule has 0 saturated carbocycles. The molecule has 14 nitrogen and oxygen atoms in total. The fourth-order valence-electron chi connectivity index (χ4n) is 12.2. The third-order valence-corrected chi connectivity index (χ3v) is 17.8. The maximum atomic E-state index is 13.9. The maximum absolute atomic E-state index is 13.9. The smallest absolute Gasteiger partial charge is 0.135 e. The van der Waals surface area contributed by atoms with Crippen molar-refractivity contribution in [3.05, 3.63) is 351 Å². The first-order valence-corrected chi connectivity index (χ1v) is 35.4. The minimum Gasteiger partial charge on any atom is -0.276 e. The summed E-state index contributed by atoms with van der Waals surface area (Å²) in [6, 6.07) is 80.6. The van der Waals surface area contributed by atoms with Crippen molar-refractivity contribution in [3.8, 4) is 113 Å². The molecule has 0 saturated heterocycles. The third-order valence-electron chi connectivity index (χ3n) is 17.8. The van der Waals surface area contributed by atoms with Gasteiger partial charge in [0, 0.05) is 124 Å². The van der Waals surface area contributed by atoms with Gasteiger partial charge in [0.15, 0.2) is 0 Å².